The number of nitrogens with one attached hydrogen (secondary N) is 1. The number of para-hydroxylation sites is 1. The van der Waals surface area contributed by atoms with E-state index in [0.717, 1.165) is 21.7 Å². The first-order chi connectivity index (χ1) is 9.02. The van der Waals surface area contributed by atoms with Crippen LogP contribution >= 0.6 is 11.8 Å². The van der Waals surface area contributed by atoms with Gasteiger partial charge in [0.2, 0.25) is 0 Å². The first-order valence-corrected chi connectivity index (χ1v) is 7.50. The van der Waals surface area contributed by atoms with Crippen molar-refractivity contribution in [3.63, 3.8) is 0 Å². The second-order valence-corrected chi connectivity index (χ2v) is 6.72. The Morgan fingerprint density at radius 2 is 1.95 bits per heavy atom. The van der Waals surface area contributed by atoms with Gasteiger partial charge in [-0.05, 0) is 18.5 Å². The first kappa shape index (κ1) is 14.3. The third-order valence-electron chi connectivity index (χ3n) is 3.29. The lowest BCUT2D eigenvalue weighted by Crippen LogP contribution is -2.40. The molecule has 0 amide bonds. The van der Waals surface area contributed by atoms with E-state index in [2.05, 4.69) is 42.1 Å². The quantitative estimate of drug-likeness (QED) is 0.686. The average Bonchev–Trinajstić information content (AvgIpc) is 2.38. The highest BCUT2D eigenvalue weighted by Gasteiger charge is 2.23. The van der Waals surface area contributed by atoms with Gasteiger partial charge in [-0.3, -0.25) is 0 Å². The van der Waals surface area contributed by atoms with Gasteiger partial charge in [-0.25, -0.2) is 9.97 Å². The van der Waals surface area contributed by atoms with Crippen LogP contribution in [0.3, 0.4) is 0 Å². The van der Waals surface area contributed by atoms with Gasteiger partial charge in [-0.15, -0.1) is 11.8 Å². The normalized spacial score (nSPS) is 13.7. The van der Waals surface area contributed by atoms with E-state index in [1.54, 1.807) is 18.1 Å². The Hall–Kier alpha value is -1.13. The molecule has 4 heteroatoms. The molecule has 19 heavy (non-hydrogen) atoms. The minimum Gasteiger partial charge on any atom is -0.316 e. The van der Waals surface area contributed by atoms with E-state index in [4.69, 9.17) is 0 Å². The summed E-state index contributed by atoms with van der Waals surface area (Å²) in [5.41, 5.74) is 1.25. The van der Waals surface area contributed by atoms with Crippen molar-refractivity contribution in [2.24, 2.45) is 5.41 Å². The molecule has 1 atom stereocenters. The van der Waals surface area contributed by atoms with Gasteiger partial charge in [0, 0.05) is 17.2 Å². The van der Waals surface area contributed by atoms with Crippen LogP contribution < -0.4 is 5.32 Å². The molecule has 102 valence electrons. The Kier molecular flexibility index (Phi) is 4.42. The molecule has 0 bridgehead atoms. The van der Waals surface area contributed by atoms with Crippen molar-refractivity contribution < 1.29 is 0 Å². The molecule has 1 aromatic carbocycles. The fraction of sp³-hybridized carbons (Fsp3) is 0.467. The van der Waals surface area contributed by atoms with Gasteiger partial charge in [-0.1, -0.05) is 39.0 Å². The van der Waals surface area contributed by atoms with Gasteiger partial charge in [0.1, 0.15) is 11.4 Å². The molecule has 1 heterocycles. The first-order valence-electron chi connectivity index (χ1n) is 6.52. The number of nitrogens with zero attached hydrogens (tertiary/aromatic N) is 2. The Labute approximate surface area is 119 Å². The van der Waals surface area contributed by atoms with E-state index in [1.807, 2.05) is 25.2 Å². The number of thioether (sulfide) groups is 1. The maximum Gasteiger partial charge on any atom is 0.117 e. The maximum absolute atomic E-state index is 4.42. The topological polar surface area (TPSA) is 37.8 Å². The molecule has 0 aliphatic rings. The Bertz CT molecular complexity index is 543. The van der Waals surface area contributed by atoms with Crippen molar-refractivity contribution in [3.8, 4) is 0 Å². The molecule has 0 saturated heterocycles. The summed E-state index contributed by atoms with van der Waals surface area (Å²) in [7, 11) is 2.02. The molecule has 0 aliphatic carbocycles. The number of fused-ring (bicyclic) bond motifs is 1. The van der Waals surface area contributed by atoms with Gasteiger partial charge >= 0.3 is 0 Å². The SMILES string of the molecule is CNC(CSc1ncnc2ccccc12)C(C)(C)C. The monoisotopic (exact) mass is 275 g/mol. The van der Waals surface area contributed by atoms with E-state index in [1.165, 1.54) is 0 Å². The minimum atomic E-state index is 0.241. The predicted molar refractivity (Wildman–Crippen MR) is 82.6 cm³/mol. The van der Waals surface area contributed by atoms with Gasteiger partial charge in [0.25, 0.3) is 0 Å². The summed E-state index contributed by atoms with van der Waals surface area (Å²) in [6.07, 6.45) is 1.65. The molecule has 1 unspecified atom stereocenters. The van der Waals surface area contributed by atoms with Crippen molar-refractivity contribution in [2.45, 2.75) is 31.8 Å². The maximum atomic E-state index is 4.42. The fourth-order valence-corrected chi connectivity index (χ4v) is 3.46. The molecule has 0 aliphatic heterocycles. The van der Waals surface area contributed by atoms with Gasteiger partial charge in [0.15, 0.2) is 0 Å². The highest BCUT2D eigenvalue weighted by molar-refractivity contribution is 7.99. The summed E-state index contributed by atoms with van der Waals surface area (Å²) < 4.78 is 0. The highest BCUT2D eigenvalue weighted by Crippen LogP contribution is 2.28. The van der Waals surface area contributed by atoms with Crippen molar-refractivity contribution in [3.05, 3.63) is 30.6 Å². The van der Waals surface area contributed by atoms with E-state index in [-0.39, 0.29) is 5.41 Å². The molecule has 0 spiro atoms. The number of benzene rings is 1. The van der Waals surface area contributed by atoms with Crippen LogP contribution in [0.4, 0.5) is 0 Å². The zero-order chi connectivity index (χ0) is 13.9. The van der Waals surface area contributed by atoms with Crippen LogP contribution in [0, 0.1) is 5.41 Å². The van der Waals surface area contributed by atoms with Crippen LogP contribution in [0.2, 0.25) is 0 Å². The van der Waals surface area contributed by atoms with Crippen LogP contribution in [0.15, 0.2) is 35.6 Å². The summed E-state index contributed by atoms with van der Waals surface area (Å²) in [6.45, 7) is 6.77. The third-order valence-corrected chi connectivity index (χ3v) is 4.39. The molecule has 1 aromatic heterocycles. The van der Waals surface area contributed by atoms with E-state index in [0.29, 0.717) is 6.04 Å². The average molecular weight is 275 g/mol. The van der Waals surface area contributed by atoms with Crippen LogP contribution in [0.1, 0.15) is 20.8 Å². The molecule has 0 saturated carbocycles. The molecular weight excluding hydrogens is 254 g/mol. The largest absolute Gasteiger partial charge is 0.316 e. The summed E-state index contributed by atoms with van der Waals surface area (Å²) >= 11 is 1.80. The van der Waals surface area contributed by atoms with Crippen LogP contribution in [-0.2, 0) is 0 Å². The zero-order valence-corrected chi connectivity index (χ0v) is 12.8. The van der Waals surface area contributed by atoms with Gasteiger partial charge < -0.3 is 5.32 Å². The number of aromatic nitrogens is 2. The zero-order valence-electron chi connectivity index (χ0n) is 12.0. The summed E-state index contributed by atoms with van der Waals surface area (Å²) in [5.74, 6) is 1.00. The summed E-state index contributed by atoms with van der Waals surface area (Å²) in [6, 6.07) is 8.61. The van der Waals surface area contributed by atoms with Gasteiger partial charge in [0.05, 0.1) is 5.52 Å². The van der Waals surface area contributed by atoms with Crippen molar-refractivity contribution in [1.29, 1.82) is 0 Å². The van der Waals surface area contributed by atoms with Crippen LogP contribution in [0.5, 0.6) is 0 Å². The molecule has 1 N–H and O–H groups in total. The van der Waals surface area contributed by atoms with E-state index in [9.17, 15) is 0 Å². The molecular formula is C15H21N3S. The minimum absolute atomic E-state index is 0.241. The standard InChI is InChI=1S/C15H21N3S/c1-15(2,3)13(16-4)9-19-14-11-7-5-6-8-12(11)17-10-18-14/h5-8,10,13,16H,9H2,1-4H3. The molecule has 0 radical (unpaired) electrons. The Balaban J connectivity index is 2.18. The molecule has 0 fully saturated rings. The molecule has 2 aromatic rings. The molecule has 2 rings (SSSR count). The summed E-state index contributed by atoms with van der Waals surface area (Å²) in [5, 5.41) is 5.60. The highest BCUT2D eigenvalue weighted by atomic mass is 32.2. The fourth-order valence-electron chi connectivity index (χ4n) is 2.02. The molecule has 3 nitrogen and oxygen atoms in total. The lowest BCUT2D eigenvalue weighted by atomic mass is 9.88. The van der Waals surface area contributed by atoms with E-state index < -0.39 is 0 Å². The number of hydrogen-bond acceptors (Lipinski definition) is 4. The lowest BCUT2D eigenvalue weighted by molar-refractivity contribution is 0.305. The second kappa shape index (κ2) is 5.88. The third kappa shape index (κ3) is 3.45. The number of rotatable bonds is 4. The van der Waals surface area contributed by atoms with Crippen molar-refractivity contribution in [1.82, 2.24) is 15.3 Å². The van der Waals surface area contributed by atoms with Crippen molar-refractivity contribution in [2.75, 3.05) is 12.8 Å². The lowest BCUT2D eigenvalue weighted by Gasteiger charge is -2.30. The summed E-state index contributed by atoms with van der Waals surface area (Å²) in [4.78, 5) is 8.72. The van der Waals surface area contributed by atoms with Gasteiger partial charge in [-0.2, -0.15) is 0 Å². The Morgan fingerprint density at radius 3 is 2.63 bits per heavy atom. The van der Waals surface area contributed by atoms with Crippen LogP contribution in [-0.4, -0.2) is 28.8 Å². The van der Waals surface area contributed by atoms with Crippen molar-refractivity contribution >= 4 is 22.7 Å². The Morgan fingerprint density at radius 1 is 1.21 bits per heavy atom. The van der Waals surface area contributed by atoms with Crippen LogP contribution in [0.25, 0.3) is 10.9 Å². The number of hydrogen-bond donors (Lipinski definition) is 1. The smallest absolute Gasteiger partial charge is 0.117 e. The van der Waals surface area contributed by atoms with E-state index >= 15 is 0 Å². The predicted octanol–water partition coefficient (Wildman–Crippen LogP) is 3.36. The second-order valence-electron chi connectivity index (χ2n) is 5.71.